The molecule has 0 aromatic carbocycles. The van der Waals surface area contributed by atoms with Crippen molar-refractivity contribution < 1.29 is 14.4 Å². The van der Waals surface area contributed by atoms with Gasteiger partial charge in [-0.1, -0.05) is 19.3 Å². The van der Waals surface area contributed by atoms with Crippen molar-refractivity contribution in [2.75, 3.05) is 0 Å². The maximum atomic E-state index is 11.3. The highest BCUT2D eigenvalue weighted by molar-refractivity contribution is 5.66. The molecule has 17 heavy (non-hydrogen) atoms. The first-order valence-corrected chi connectivity index (χ1v) is 6.20. The summed E-state index contributed by atoms with van der Waals surface area (Å²) in [4.78, 5) is 16.6. The van der Waals surface area contributed by atoms with Crippen LogP contribution in [0.25, 0.3) is 0 Å². The van der Waals surface area contributed by atoms with E-state index in [-0.39, 0.29) is 6.10 Å². The van der Waals surface area contributed by atoms with Crippen LogP contribution in [0.5, 0.6) is 0 Å². The quantitative estimate of drug-likeness (QED) is 0.590. The second-order valence-electron chi connectivity index (χ2n) is 5.26. The van der Waals surface area contributed by atoms with Crippen molar-refractivity contribution in [3.05, 3.63) is 6.42 Å². The molecule has 1 aliphatic carbocycles. The van der Waals surface area contributed by atoms with Crippen molar-refractivity contribution in [1.82, 2.24) is 11.0 Å². The molecule has 1 unspecified atom stereocenters. The Hall–Kier alpha value is -0.810. The lowest BCUT2D eigenvalue weighted by Crippen LogP contribution is -2.42. The van der Waals surface area contributed by atoms with Crippen molar-refractivity contribution in [1.29, 1.82) is 0 Å². The van der Waals surface area contributed by atoms with Crippen molar-refractivity contribution in [2.45, 2.75) is 64.6 Å². The van der Waals surface area contributed by atoms with Crippen molar-refractivity contribution in [3.63, 3.8) is 0 Å². The van der Waals surface area contributed by atoms with Crippen LogP contribution in [0.3, 0.4) is 0 Å². The van der Waals surface area contributed by atoms with Crippen LogP contribution in [0, 0.1) is 6.42 Å². The SMILES string of the molecule is CC(C)(C)OC(=O)NNOC1[CH]CCCCC1. The molecule has 2 N–H and O–H groups in total. The zero-order chi connectivity index (χ0) is 12.7. The summed E-state index contributed by atoms with van der Waals surface area (Å²) in [7, 11) is 0. The molecular formula is C12H23N2O3. The molecule has 1 rings (SSSR count). The summed E-state index contributed by atoms with van der Waals surface area (Å²) >= 11 is 0. The number of hydrogen-bond donors (Lipinski definition) is 2. The maximum Gasteiger partial charge on any atom is 0.423 e. The lowest BCUT2D eigenvalue weighted by Gasteiger charge is -2.21. The molecule has 0 aromatic rings. The molecule has 0 saturated heterocycles. The first kappa shape index (κ1) is 14.3. The summed E-state index contributed by atoms with van der Waals surface area (Å²) in [6.07, 6.45) is 7.35. The Labute approximate surface area is 103 Å². The summed E-state index contributed by atoms with van der Waals surface area (Å²) in [6.45, 7) is 5.44. The highest BCUT2D eigenvalue weighted by Crippen LogP contribution is 2.17. The minimum absolute atomic E-state index is 0.0624. The van der Waals surface area contributed by atoms with E-state index < -0.39 is 11.7 Å². The van der Waals surface area contributed by atoms with Crippen LogP contribution < -0.4 is 11.0 Å². The fourth-order valence-electron chi connectivity index (χ4n) is 1.65. The maximum absolute atomic E-state index is 11.3. The van der Waals surface area contributed by atoms with Crippen LogP contribution in [0.1, 0.15) is 52.9 Å². The summed E-state index contributed by atoms with van der Waals surface area (Å²) in [6, 6.07) is 0. The number of amides is 1. The standard InChI is InChI=1S/C12H23N2O3/c1-12(2,3)16-11(15)13-14-17-10-8-6-4-5-7-9-10/h8,10,14H,4-7,9H2,1-3H3,(H,13,15). The number of hydrogen-bond acceptors (Lipinski definition) is 4. The average molecular weight is 243 g/mol. The molecule has 1 saturated carbocycles. The zero-order valence-electron chi connectivity index (χ0n) is 10.9. The van der Waals surface area contributed by atoms with Gasteiger partial charge in [-0.25, -0.2) is 10.2 Å². The minimum Gasteiger partial charge on any atom is -0.443 e. The van der Waals surface area contributed by atoms with Crippen molar-refractivity contribution in [3.8, 4) is 0 Å². The molecule has 1 fully saturated rings. The van der Waals surface area contributed by atoms with E-state index in [2.05, 4.69) is 17.4 Å². The monoisotopic (exact) mass is 243 g/mol. The molecule has 0 heterocycles. The normalized spacial score (nSPS) is 18.5. The fourth-order valence-corrected chi connectivity index (χ4v) is 1.65. The number of carbonyl (C=O) groups is 1. The van der Waals surface area contributed by atoms with Gasteiger partial charge in [0.05, 0.1) is 6.10 Å². The highest BCUT2D eigenvalue weighted by Gasteiger charge is 2.17. The summed E-state index contributed by atoms with van der Waals surface area (Å²) < 4.78 is 5.05. The molecule has 1 atom stereocenters. The first-order valence-electron chi connectivity index (χ1n) is 6.20. The van der Waals surface area contributed by atoms with Gasteiger partial charge in [0.25, 0.3) is 0 Å². The largest absolute Gasteiger partial charge is 0.443 e. The summed E-state index contributed by atoms with van der Waals surface area (Å²) in [5.74, 6) is 0. The van der Waals surface area contributed by atoms with Crippen molar-refractivity contribution >= 4 is 6.09 Å². The van der Waals surface area contributed by atoms with Crippen LogP contribution in [0.2, 0.25) is 0 Å². The predicted molar refractivity (Wildman–Crippen MR) is 64.8 cm³/mol. The fraction of sp³-hybridized carbons (Fsp3) is 0.833. The molecular weight excluding hydrogens is 220 g/mol. The van der Waals surface area contributed by atoms with Crippen LogP contribution in [0.15, 0.2) is 0 Å². The summed E-state index contributed by atoms with van der Waals surface area (Å²) in [5, 5.41) is 0. The van der Waals surface area contributed by atoms with E-state index in [1.807, 2.05) is 20.8 Å². The number of ether oxygens (including phenoxy) is 1. The molecule has 5 nitrogen and oxygen atoms in total. The number of hydrazine groups is 1. The average Bonchev–Trinajstić information content (AvgIpc) is 2.43. The summed E-state index contributed by atoms with van der Waals surface area (Å²) in [5.41, 5.74) is 4.30. The Morgan fingerprint density at radius 1 is 1.29 bits per heavy atom. The van der Waals surface area contributed by atoms with Gasteiger partial charge in [0.2, 0.25) is 0 Å². The Bertz CT molecular complexity index is 230. The minimum atomic E-state index is -0.536. The van der Waals surface area contributed by atoms with Crippen LogP contribution >= 0.6 is 0 Å². The van der Waals surface area contributed by atoms with E-state index >= 15 is 0 Å². The van der Waals surface area contributed by atoms with Gasteiger partial charge in [0.15, 0.2) is 0 Å². The second kappa shape index (κ2) is 6.81. The molecule has 0 spiro atoms. The van der Waals surface area contributed by atoms with Gasteiger partial charge in [-0.2, -0.15) is 0 Å². The van der Waals surface area contributed by atoms with Gasteiger partial charge < -0.3 is 4.74 Å². The molecule has 0 bridgehead atoms. The zero-order valence-corrected chi connectivity index (χ0v) is 10.9. The number of rotatable bonds is 3. The van der Waals surface area contributed by atoms with Gasteiger partial charge in [0.1, 0.15) is 5.60 Å². The topological polar surface area (TPSA) is 59.6 Å². The van der Waals surface area contributed by atoms with E-state index in [4.69, 9.17) is 9.57 Å². The molecule has 0 aliphatic heterocycles. The molecule has 5 heteroatoms. The number of nitrogens with one attached hydrogen (secondary N) is 2. The predicted octanol–water partition coefficient (Wildman–Crippen LogP) is 2.48. The van der Waals surface area contributed by atoms with Gasteiger partial charge in [0, 0.05) is 0 Å². The Kier molecular flexibility index (Phi) is 5.71. The molecule has 99 valence electrons. The Balaban J connectivity index is 2.12. The lowest BCUT2D eigenvalue weighted by atomic mass is 10.2. The molecule has 1 aliphatic rings. The van der Waals surface area contributed by atoms with Crippen LogP contribution in [-0.2, 0) is 9.57 Å². The molecule has 1 radical (unpaired) electrons. The number of carbonyl (C=O) groups excluding carboxylic acids is 1. The third-order valence-corrected chi connectivity index (χ3v) is 2.38. The smallest absolute Gasteiger partial charge is 0.423 e. The molecule has 0 aromatic heterocycles. The highest BCUT2D eigenvalue weighted by atomic mass is 16.7. The van der Waals surface area contributed by atoms with E-state index in [9.17, 15) is 4.79 Å². The van der Waals surface area contributed by atoms with E-state index in [0.29, 0.717) is 0 Å². The van der Waals surface area contributed by atoms with Gasteiger partial charge in [-0.15, -0.1) is 5.59 Å². The Morgan fingerprint density at radius 2 is 2.06 bits per heavy atom. The second-order valence-corrected chi connectivity index (χ2v) is 5.26. The Morgan fingerprint density at radius 3 is 2.76 bits per heavy atom. The third kappa shape index (κ3) is 7.18. The van der Waals surface area contributed by atoms with Crippen LogP contribution in [0.4, 0.5) is 4.79 Å². The van der Waals surface area contributed by atoms with Crippen molar-refractivity contribution in [2.24, 2.45) is 0 Å². The lowest BCUT2D eigenvalue weighted by molar-refractivity contribution is -0.0424. The third-order valence-electron chi connectivity index (χ3n) is 2.38. The first-order chi connectivity index (χ1) is 7.97. The van der Waals surface area contributed by atoms with E-state index in [0.717, 1.165) is 19.3 Å². The van der Waals surface area contributed by atoms with E-state index in [1.165, 1.54) is 12.8 Å². The molecule has 1 amide bonds. The van der Waals surface area contributed by atoms with Gasteiger partial charge in [-0.05, 0) is 40.0 Å². The van der Waals surface area contributed by atoms with Crippen LogP contribution in [-0.4, -0.2) is 17.8 Å². The van der Waals surface area contributed by atoms with Gasteiger partial charge >= 0.3 is 6.09 Å². The van der Waals surface area contributed by atoms with E-state index in [1.54, 1.807) is 0 Å². The van der Waals surface area contributed by atoms with Gasteiger partial charge in [-0.3, -0.25) is 4.84 Å².